The normalized spacial score (nSPS) is 47.1. The number of fused-ring (bicyclic) bond motifs is 3. The van der Waals surface area contributed by atoms with Gasteiger partial charge in [-0.25, -0.2) is 0 Å². The molecule has 2 saturated carbocycles. The zero-order chi connectivity index (χ0) is 16.3. The van der Waals surface area contributed by atoms with Crippen molar-refractivity contribution in [1.82, 2.24) is 0 Å². The molecule has 3 aliphatic carbocycles. The van der Waals surface area contributed by atoms with Gasteiger partial charge in [0.2, 0.25) is 0 Å². The van der Waals surface area contributed by atoms with Crippen LogP contribution in [0.3, 0.4) is 0 Å². The van der Waals surface area contributed by atoms with Gasteiger partial charge in [-0.3, -0.25) is 4.79 Å². The number of hydrogen-bond acceptors (Lipinski definition) is 1. The van der Waals surface area contributed by atoms with E-state index in [2.05, 4.69) is 33.8 Å². The van der Waals surface area contributed by atoms with Crippen LogP contribution < -0.4 is 0 Å². The Balaban J connectivity index is 2.06. The van der Waals surface area contributed by atoms with Gasteiger partial charge in [0.25, 0.3) is 0 Å². The molecule has 0 saturated heterocycles. The zero-order valence-electron chi connectivity index (χ0n) is 14.9. The maximum absolute atomic E-state index is 12.0. The number of carboxylic acid groups (broad SMARTS) is 1. The molecule has 1 N–H and O–H groups in total. The van der Waals surface area contributed by atoms with Gasteiger partial charge in [0.1, 0.15) is 0 Å². The molecule has 0 unspecified atom stereocenters. The predicted octanol–water partition coefficient (Wildman–Crippen LogP) is 5.29. The third-order valence-electron chi connectivity index (χ3n) is 7.88. The maximum atomic E-state index is 12.0. The summed E-state index contributed by atoms with van der Waals surface area (Å²) < 4.78 is 0. The number of allylic oxidation sites excluding steroid dienone is 1. The van der Waals surface area contributed by atoms with Crippen molar-refractivity contribution in [3.63, 3.8) is 0 Å². The number of carbonyl (C=O) groups is 1. The van der Waals surface area contributed by atoms with Crippen molar-refractivity contribution in [2.45, 2.75) is 73.1 Å². The van der Waals surface area contributed by atoms with E-state index in [1.807, 2.05) is 6.92 Å². The summed E-state index contributed by atoms with van der Waals surface area (Å²) in [6.45, 7) is 11.7. The minimum absolute atomic E-state index is 0.0661. The highest BCUT2D eigenvalue weighted by atomic mass is 16.4. The molecule has 0 spiro atoms. The molecule has 2 nitrogen and oxygen atoms in total. The monoisotopic (exact) mass is 304 g/mol. The Morgan fingerprint density at radius 3 is 2.41 bits per heavy atom. The molecule has 2 heteroatoms. The van der Waals surface area contributed by atoms with E-state index in [-0.39, 0.29) is 11.3 Å². The maximum Gasteiger partial charge on any atom is 0.311 e. The van der Waals surface area contributed by atoms with Crippen molar-refractivity contribution >= 4 is 5.97 Å². The van der Waals surface area contributed by atoms with Gasteiger partial charge in [0.05, 0.1) is 5.92 Å². The quantitative estimate of drug-likeness (QED) is 0.669. The standard InChI is InChI=1S/C20H32O2/c1-13-7-8-15-19(4)11-6-10-18(2,3)14(19)9-12-20(15,5)16(13)17(21)22/h7,14-16H,6,8-12H2,1-5H3,(H,21,22)/t14-,15-,16+,19+,20-/m1/s1. The molecule has 0 radical (unpaired) electrons. The van der Waals surface area contributed by atoms with E-state index in [4.69, 9.17) is 0 Å². The Bertz CT molecular complexity index is 518. The summed E-state index contributed by atoms with van der Waals surface area (Å²) in [7, 11) is 0. The van der Waals surface area contributed by atoms with E-state index in [0.717, 1.165) is 24.3 Å². The highest BCUT2D eigenvalue weighted by Gasteiger charge is 2.61. The lowest BCUT2D eigenvalue weighted by Gasteiger charge is -2.64. The molecular weight excluding hydrogens is 272 g/mol. The van der Waals surface area contributed by atoms with E-state index < -0.39 is 5.97 Å². The lowest BCUT2D eigenvalue weighted by atomic mass is 9.40. The molecule has 0 aromatic carbocycles. The Morgan fingerprint density at radius 1 is 1.09 bits per heavy atom. The summed E-state index contributed by atoms with van der Waals surface area (Å²) in [4.78, 5) is 12.0. The summed E-state index contributed by atoms with van der Waals surface area (Å²) >= 11 is 0. The SMILES string of the molecule is CC1=CC[C@H]2[C@@](C)(CC[C@@H]3C(C)(C)CCC[C@]23C)[C@@H]1C(=O)O. The van der Waals surface area contributed by atoms with Crippen molar-refractivity contribution in [1.29, 1.82) is 0 Å². The fourth-order valence-corrected chi connectivity index (χ4v) is 6.99. The Kier molecular flexibility index (Phi) is 3.55. The topological polar surface area (TPSA) is 37.3 Å². The van der Waals surface area contributed by atoms with Crippen LogP contribution in [0, 0.1) is 34.0 Å². The smallest absolute Gasteiger partial charge is 0.311 e. The van der Waals surface area contributed by atoms with E-state index >= 15 is 0 Å². The fraction of sp³-hybridized carbons (Fsp3) is 0.850. The van der Waals surface area contributed by atoms with Crippen molar-refractivity contribution in [2.75, 3.05) is 0 Å². The first-order valence-corrected chi connectivity index (χ1v) is 9.02. The average molecular weight is 304 g/mol. The first-order chi connectivity index (χ1) is 10.1. The molecule has 3 rings (SSSR count). The second-order valence-corrected chi connectivity index (χ2v) is 9.45. The Labute approximate surface area is 135 Å². The van der Waals surface area contributed by atoms with Crippen LogP contribution in [-0.2, 0) is 4.79 Å². The second-order valence-electron chi connectivity index (χ2n) is 9.45. The molecule has 124 valence electrons. The summed E-state index contributed by atoms with van der Waals surface area (Å²) in [5, 5.41) is 9.85. The van der Waals surface area contributed by atoms with Crippen molar-refractivity contribution < 1.29 is 9.90 Å². The Hall–Kier alpha value is -0.790. The van der Waals surface area contributed by atoms with Gasteiger partial charge in [-0.1, -0.05) is 45.8 Å². The van der Waals surface area contributed by atoms with Gasteiger partial charge in [-0.05, 0) is 67.1 Å². The lowest BCUT2D eigenvalue weighted by molar-refractivity contribution is -0.167. The van der Waals surface area contributed by atoms with Crippen molar-refractivity contribution in [3.8, 4) is 0 Å². The minimum Gasteiger partial charge on any atom is -0.481 e. The minimum atomic E-state index is -0.613. The third kappa shape index (κ3) is 2.02. The Morgan fingerprint density at radius 2 is 1.77 bits per heavy atom. The summed E-state index contributed by atoms with van der Waals surface area (Å²) in [6, 6.07) is 0. The van der Waals surface area contributed by atoms with E-state index in [9.17, 15) is 9.90 Å². The molecular formula is C20H32O2. The summed E-state index contributed by atoms with van der Waals surface area (Å²) in [5.74, 6) is 0.364. The van der Waals surface area contributed by atoms with Crippen LogP contribution in [0.1, 0.15) is 73.1 Å². The molecule has 0 aromatic heterocycles. The van der Waals surface area contributed by atoms with Gasteiger partial charge in [0, 0.05) is 0 Å². The van der Waals surface area contributed by atoms with Crippen LogP contribution in [-0.4, -0.2) is 11.1 Å². The van der Waals surface area contributed by atoms with Gasteiger partial charge in [0.15, 0.2) is 0 Å². The highest BCUT2D eigenvalue weighted by molar-refractivity contribution is 5.75. The molecule has 5 atom stereocenters. The third-order valence-corrected chi connectivity index (χ3v) is 7.88. The van der Waals surface area contributed by atoms with Gasteiger partial charge in [-0.15, -0.1) is 0 Å². The van der Waals surface area contributed by atoms with Crippen molar-refractivity contribution in [3.05, 3.63) is 11.6 Å². The highest BCUT2D eigenvalue weighted by Crippen LogP contribution is 2.68. The molecule has 0 amide bonds. The first-order valence-electron chi connectivity index (χ1n) is 9.02. The molecule has 0 aliphatic heterocycles. The van der Waals surface area contributed by atoms with E-state index in [1.165, 1.54) is 25.7 Å². The second kappa shape index (κ2) is 4.85. The van der Waals surface area contributed by atoms with Crippen LogP contribution in [0.25, 0.3) is 0 Å². The van der Waals surface area contributed by atoms with E-state index in [0.29, 0.717) is 16.7 Å². The summed E-state index contributed by atoms with van der Waals surface area (Å²) in [6.07, 6.45) is 9.49. The fourth-order valence-electron chi connectivity index (χ4n) is 6.99. The van der Waals surface area contributed by atoms with Crippen molar-refractivity contribution in [2.24, 2.45) is 34.0 Å². The van der Waals surface area contributed by atoms with Crippen LogP contribution in [0.5, 0.6) is 0 Å². The van der Waals surface area contributed by atoms with Crippen LogP contribution in [0.2, 0.25) is 0 Å². The number of carboxylic acids is 1. The zero-order valence-corrected chi connectivity index (χ0v) is 14.9. The van der Waals surface area contributed by atoms with Gasteiger partial charge >= 0.3 is 5.97 Å². The number of rotatable bonds is 1. The van der Waals surface area contributed by atoms with Crippen LogP contribution in [0.4, 0.5) is 0 Å². The molecule has 22 heavy (non-hydrogen) atoms. The molecule has 2 fully saturated rings. The van der Waals surface area contributed by atoms with Gasteiger partial charge in [-0.2, -0.15) is 0 Å². The molecule has 0 aromatic rings. The molecule has 0 heterocycles. The average Bonchev–Trinajstić information content (AvgIpc) is 2.35. The predicted molar refractivity (Wildman–Crippen MR) is 89.6 cm³/mol. The first kappa shape index (κ1) is 16.1. The molecule has 3 aliphatic rings. The van der Waals surface area contributed by atoms with Crippen LogP contribution >= 0.6 is 0 Å². The molecule has 0 bridgehead atoms. The largest absolute Gasteiger partial charge is 0.481 e. The number of hydrogen-bond donors (Lipinski definition) is 1. The van der Waals surface area contributed by atoms with Crippen LogP contribution in [0.15, 0.2) is 11.6 Å². The lowest BCUT2D eigenvalue weighted by Crippen LogP contribution is -2.58. The number of aliphatic carboxylic acids is 1. The van der Waals surface area contributed by atoms with E-state index in [1.54, 1.807) is 0 Å². The van der Waals surface area contributed by atoms with Gasteiger partial charge < -0.3 is 5.11 Å². The summed E-state index contributed by atoms with van der Waals surface area (Å²) in [5.41, 5.74) is 1.73.